The molecule has 0 aliphatic carbocycles. The molecular formula is C17H19ClFNO. The summed E-state index contributed by atoms with van der Waals surface area (Å²) in [6.07, 6.45) is 1.97. The van der Waals surface area contributed by atoms with E-state index in [2.05, 4.69) is 17.4 Å². The monoisotopic (exact) mass is 307 g/mol. The number of fused-ring (bicyclic) bond motifs is 1. The maximum atomic E-state index is 13.1. The van der Waals surface area contributed by atoms with E-state index in [1.807, 2.05) is 18.2 Å². The molecule has 1 unspecified atom stereocenters. The Bertz CT molecular complexity index is 576. The SMILES string of the molecule is Cl.Fc1ccc2c(c1)CCC(CNCc1ccccc1)O2. The van der Waals surface area contributed by atoms with E-state index in [9.17, 15) is 4.39 Å². The molecule has 0 spiro atoms. The first-order valence-electron chi connectivity index (χ1n) is 7.01. The molecule has 0 bridgehead atoms. The molecule has 0 aromatic heterocycles. The Hall–Kier alpha value is -1.58. The summed E-state index contributed by atoms with van der Waals surface area (Å²) < 4.78 is 19.0. The molecule has 1 N–H and O–H groups in total. The first kappa shape index (κ1) is 15.8. The third-order valence-corrected chi connectivity index (χ3v) is 3.60. The maximum Gasteiger partial charge on any atom is 0.123 e. The van der Waals surface area contributed by atoms with Crippen LogP contribution in [0, 0.1) is 5.82 Å². The van der Waals surface area contributed by atoms with Gasteiger partial charge in [0.15, 0.2) is 0 Å². The predicted octanol–water partition coefficient (Wildman–Crippen LogP) is 3.73. The lowest BCUT2D eigenvalue weighted by atomic mass is 10.0. The van der Waals surface area contributed by atoms with Crippen molar-refractivity contribution < 1.29 is 9.13 Å². The van der Waals surface area contributed by atoms with Gasteiger partial charge < -0.3 is 10.1 Å². The highest BCUT2D eigenvalue weighted by Crippen LogP contribution is 2.27. The van der Waals surface area contributed by atoms with Gasteiger partial charge in [0, 0.05) is 13.1 Å². The van der Waals surface area contributed by atoms with Crippen molar-refractivity contribution in [3.63, 3.8) is 0 Å². The van der Waals surface area contributed by atoms with Gasteiger partial charge in [-0.2, -0.15) is 0 Å². The van der Waals surface area contributed by atoms with Gasteiger partial charge in [0.25, 0.3) is 0 Å². The van der Waals surface area contributed by atoms with Crippen molar-refractivity contribution in [1.82, 2.24) is 5.32 Å². The molecule has 21 heavy (non-hydrogen) atoms. The molecule has 0 radical (unpaired) electrons. The lowest BCUT2D eigenvalue weighted by Gasteiger charge is -2.26. The van der Waals surface area contributed by atoms with Crippen molar-refractivity contribution in [2.75, 3.05) is 6.54 Å². The molecule has 1 aliphatic heterocycles. The Morgan fingerprint density at radius 1 is 1.14 bits per heavy atom. The van der Waals surface area contributed by atoms with Crippen LogP contribution in [-0.4, -0.2) is 12.6 Å². The summed E-state index contributed by atoms with van der Waals surface area (Å²) in [5, 5.41) is 3.41. The van der Waals surface area contributed by atoms with Gasteiger partial charge in [0.05, 0.1) is 0 Å². The van der Waals surface area contributed by atoms with Gasteiger partial charge in [-0.25, -0.2) is 4.39 Å². The van der Waals surface area contributed by atoms with Crippen LogP contribution in [-0.2, 0) is 13.0 Å². The number of aryl methyl sites for hydroxylation is 1. The Kier molecular flexibility index (Phi) is 5.59. The topological polar surface area (TPSA) is 21.3 Å². The molecule has 2 aromatic rings. The first-order chi connectivity index (χ1) is 9.81. The zero-order chi connectivity index (χ0) is 13.8. The van der Waals surface area contributed by atoms with E-state index in [1.165, 1.54) is 11.6 Å². The third-order valence-electron chi connectivity index (χ3n) is 3.60. The number of benzene rings is 2. The molecule has 112 valence electrons. The molecule has 0 fully saturated rings. The van der Waals surface area contributed by atoms with E-state index in [4.69, 9.17) is 4.74 Å². The van der Waals surface area contributed by atoms with Gasteiger partial charge in [0.1, 0.15) is 17.7 Å². The van der Waals surface area contributed by atoms with Crippen LogP contribution in [0.25, 0.3) is 0 Å². The molecule has 3 rings (SSSR count). The minimum Gasteiger partial charge on any atom is -0.489 e. The second-order valence-corrected chi connectivity index (χ2v) is 5.15. The van der Waals surface area contributed by atoms with Gasteiger partial charge in [-0.05, 0) is 42.2 Å². The second-order valence-electron chi connectivity index (χ2n) is 5.15. The summed E-state index contributed by atoms with van der Waals surface area (Å²) in [4.78, 5) is 0. The van der Waals surface area contributed by atoms with Crippen LogP contribution in [0.15, 0.2) is 48.5 Å². The lowest BCUT2D eigenvalue weighted by molar-refractivity contribution is 0.170. The summed E-state index contributed by atoms with van der Waals surface area (Å²) in [5.74, 6) is 0.636. The van der Waals surface area contributed by atoms with E-state index in [1.54, 1.807) is 12.1 Å². The molecule has 1 heterocycles. The van der Waals surface area contributed by atoms with Gasteiger partial charge in [-0.15, -0.1) is 12.4 Å². The van der Waals surface area contributed by atoms with Crippen LogP contribution < -0.4 is 10.1 Å². The predicted molar refractivity (Wildman–Crippen MR) is 84.5 cm³/mol. The van der Waals surface area contributed by atoms with Crippen LogP contribution in [0.2, 0.25) is 0 Å². The number of ether oxygens (including phenoxy) is 1. The molecule has 1 atom stereocenters. The molecule has 0 saturated heterocycles. The van der Waals surface area contributed by atoms with Gasteiger partial charge in [-0.3, -0.25) is 0 Å². The maximum absolute atomic E-state index is 13.1. The Balaban J connectivity index is 0.00000161. The van der Waals surface area contributed by atoms with E-state index in [0.29, 0.717) is 0 Å². The van der Waals surface area contributed by atoms with Crippen LogP contribution in [0.1, 0.15) is 17.5 Å². The van der Waals surface area contributed by atoms with Crippen molar-refractivity contribution >= 4 is 12.4 Å². The normalized spacial score (nSPS) is 16.5. The Morgan fingerprint density at radius 2 is 1.95 bits per heavy atom. The van der Waals surface area contributed by atoms with Crippen LogP contribution in [0.5, 0.6) is 5.75 Å². The van der Waals surface area contributed by atoms with Crippen molar-refractivity contribution in [3.8, 4) is 5.75 Å². The Morgan fingerprint density at radius 3 is 2.76 bits per heavy atom. The second kappa shape index (κ2) is 7.43. The smallest absolute Gasteiger partial charge is 0.123 e. The molecule has 4 heteroatoms. The highest BCUT2D eigenvalue weighted by Gasteiger charge is 2.19. The van der Waals surface area contributed by atoms with Crippen molar-refractivity contribution in [2.45, 2.75) is 25.5 Å². The van der Waals surface area contributed by atoms with E-state index >= 15 is 0 Å². The quantitative estimate of drug-likeness (QED) is 0.929. The largest absolute Gasteiger partial charge is 0.489 e. The number of hydrogen-bond acceptors (Lipinski definition) is 2. The van der Waals surface area contributed by atoms with Crippen molar-refractivity contribution in [3.05, 3.63) is 65.5 Å². The number of rotatable bonds is 4. The van der Waals surface area contributed by atoms with Gasteiger partial charge >= 0.3 is 0 Å². The highest BCUT2D eigenvalue weighted by atomic mass is 35.5. The van der Waals surface area contributed by atoms with E-state index in [0.717, 1.165) is 37.2 Å². The summed E-state index contributed by atoms with van der Waals surface area (Å²) in [6, 6.07) is 15.1. The standard InChI is InChI=1S/C17H18FNO.ClH/c18-15-7-9-17-14(10-15)6-8-16(20-17)12-19-11-13-4-2-1-3-5-13;/h1-5,7,9-10,16,19H,6,8,11-12H2;1H. The number of nitrogens with one attached hydrogen (secondary N) is 1. The molecule has 0 saturated carbocycles. The average molecular weight is 308 g/mol. The molecule has 2 aromatic carbocycles. The van der Waals surface area contributed by atoms with Crippen molar-refractivity contribution in [1.29, 1.82) is 0 Å². The fourth-order valence-corrected chi connectivity index (χ4v) is 2.53. The fraction of sp³-hybridized carbons (Fsp3) is 0.294. The average Bonchev–Trinajstić information content (AvgIpc) is 2.48. The molecule has 1 aliphatic rings. The zero-order valence-electron chi connectivity index (χ0n) is 11.7. The third kappa shape index (κ3) is 4.19. The van der Waals surface area contributed by atoms with Gasteiger partial charge in [-0.1, -0.05) is 30.3 Å². The number of halogens is 2. The minimum atomic E-state index is -0.187. The van der Waals surface area contributed by atoms with Crippen LogP contribution in [0.3, 0.4) is 0 Å². The zero-order valence-corrected chi connectivity index (χ0v) is 12.5. The lowest BCUT2D eigenvalue weighted by Crippen LogP contribution is -2.33. The van der Waals surface area contributed by atoms with Gasteiger partial charge in [0.2, 0.25) is 0 Å². The summed E-state index contributed by atoms with van der Waals surface area (Å²) in [6.45, 7) is 1.66. The van der Waals surface area contributed by atoms with Crippen molar-refractivity contribution in [2.24, 2.45) is 0 Å². The summed E-state index contributed by atoms with van der Waals surface area (Å²) in [5.41, 5.74) is 2.25. The fourth-order valence-electron chi connectivity index (χ4n) is 2.53. The number of hydrogen-bond donors (Lipinski definition) is 1. The summed E-state index contributed by atoms with van der Waals surface area (Å²) in [7, 11) is 0. The first-order valence-corrected chi connectivity index (χ1v) is 7.01. The van der Waals surface area contributed by atoms with E-state index in [-0.39, 0.29) is 24.3 Å². The summed E-state index contributed by atoms with van der Waals surface area (Å²) >= 11 is 0. The molecular weight excluding hydrogens is 289 g/mol. The van der Waals surface area contributed by atoms with E-state index < -0.39 is 0 Å². The van der Waals surface area contributed by atoms with Crippen LogP contribution in [0.4, 0.5) is 4.39 Å². The highest BCUT2D eigenvalue weighted by molar-refractivity contribution is 5.85. The minimum absolute atomic E-state index is 0. The Labute approximate surface area is 130 Å². The van der Waals surface area contributed by atoms with Crippen LogP contribution >= 0.6 is 12.4 Å². The molecule has 2 nitrogen and oxygen atoms in total. The molecule has 0 amide bonds.